The number of aromatic nitrogens is 2. The van der Waals surface area contributed by atoms with Crippen LogP contribution in [0.2, 0.25) is 0 Å². The van der Waals surface area contributed by atoms with E-state index in [2.05, 4.69) is 4.98 Å². The van der Waals surface area contributed by atoms with E-state index in [1.165, 1.54) is 0 Å². The number of hydrogen-bond acceptors (Lipinski definition) is 6. The second-order valence-corrected chi connectivity index (χ2v) is 2.84. The van der Waals surface area contributed by atoms with Crippen molar-refractivity contribution in [2.45, 2.75) is 6.04 Å². The highest BCUT2D eigenvalue weighted by Gasteiger charge is 2.19. The highest BCUT2D eigenvalue weighted by atomic mass is 16.3. The van der Waals surface area contributed by atoms with Crippen molar-refractivity contribution in [1.82, 2.24) is 9.66 Å². The number of rotatable bonds is 3. The van der Waals surface area contributed by atoms with Crippen LogP contribution in [0.15, 0.2) is 15.8 Å². The number of nitrogen functional groups attached to an aromatic ring is 1. The maximum Gasteiger partial charge on any atom is 0.347 e. The molecule has 1 aromatic heterocycles. The number of carbonyl (C=O) groups excluding carboxylic acids is 1. The Morgan fingerprint density at radius 1 is 1.60 bits per heavy atom. The topological polar surface area (TPSA) is 144 Å². The number of nitrogens with two attached hydrogens (primary N) is 2. The molecule has 0 aliphatic rings. The molecule has 15 heavy (non-hydrogen) atoms. The van der Waals surface area contributed by atoms with E-state index >= 15 is 0 Å². The van der Waals surface area contributed by atoms with Gasteiger partial charge in [0.25, 0.3) is 5.56 Å². The maximum absolute atomic E-state index is 11.4. The summed E-state index contributed by atoms with van der Waals surface area (Å²) < 4.78 is 0.261. The van der Waals surface area contributed by atoms with Crippen LogP contribution >= 0.6 is 0 Å². The van der Waals surface area contributed by atoms with Crippen molar-refractivity contribution in [2.24, 2.45) is 5.73 Å². The van der Waals surface area contributed by atoms with Crippen molar-refractivity contribution in [1.29, 1.82) is 0 Å². The first kappa shape index (κ1) is 11.1. The fraction of sp³-hybridized carbons (Fsp3) is 0.286. The molecule has 82 valence electrons. The summed E-state index contributed by atoms with van der Waals surface area (Å²) in [6.45, 7) is -0.595. The lowest BCUT2D eigenvalue weighted by Crippen LogP contribution is -2.46. The van der Waals surface area contributed by atoms with Gasteiger partial charge in [-0.1, -0.05) is 0 Å². The molecule has 0 radical (unpaired) electrons. The van der Waals surface area contributed by atoms with Gasteiger partial charge in [-0.2, -0.15) is 4.68 Å². The average Bonchev–Trinajstić information content (AvgIpc) is 2.24. The molecule has 0 saturated heterocycles. The molecule has 0 aromatic carbocycles. The molecule has 1 atom stereocenters. The van der Waals surface area contributed by atoms with Gasteiger partial charge in [-0.3, -0.25) is 9.59 Å². The fourth-order valence-corrected chi connectivity index (χ4v) is 0.946. The van der Waals surface area contributed by atoms with Gasteiger partial charge in [-0.25, -0.2) is 4.79 Å². The van der Waals surface area contributed by atoms with Crippen LogP contribution in [0.1, 0.15) is 10.4 Å². The van der Waals surface area contributed by atoms with Gasteiger partial charge < -0.3 is 21.7 Å². The summed E-state index contributed by atoms with van der Waals surface area (Å²) >= 11 is 0. The Hall–Kier alpha value is -1.93. The lowest BCUT2D eigenvalue weighted by atomic mass is 10.1. The van der Waals surface area contributed by atoms with Gasteiger partial charge in [0.2, 0.25) is 0 Å². The van der Waals surface area contributed by atoms with Gasteiger partial charge in [0.15, 0.2) is 5.78 Å². The molecule has 1 aromatic rings. The average molecular weight is 214 g/mol. The number of aliphatic hydroxyl groups is 1. The predicted octanol–water partition coefficient (Wildman–Crippen LogP) is -3.25. The Kier molecular flexibility index (Phi) is 3.02. The second-order valence-electron chi connectivity index (χ2n) is 2.84. The number of nitrogens with one attached hydrogen (secondary N) is 1. The summed E-state index contributed by atoms with van der Waals surface area (Å²) in [5.74, 6) is 4.29. The monoisotopic (exact) mass is 214 g/mol. The van der Waals surface area contributed by atoms with Gasteiger partial charge in [0, 0.05) is 6.20 Å². The van der Waals surface area contributed by atoms with E-state index in [1.807, 2.05) is 0 Å². The van der Waals surface area contributed by atoms with Crippen LogP contribution in [0, 0.1) is 0 Å². The van der Waals surface area contributed by atoms with Gasteiger partial charge in [0.1, 0.15) is 5.56 Å². The van der Waals surface area contributed by atoms with Crippen LogP contribution in [0.25, 0.3) is 0 Å². The molecule has 8 nitrogen and oxygen atoms in total. The number of Topliss-reactive ketones (excluding diaryl/α,β-unsaturated/α-hetero) is 1. The van der Waals surface area contributed by atoms with E-state index in [9.17, 15) is 14.4 Å². The molecule has 0 spiro atoms. The molecule has 0 aliphatic carbocycles. The van der Waals surface area contributed by atoms with E-state index in [0.29, 0.717) is 0 Å². The summed E-state index contributed by atoms with van der Waals surface area (Å²) in [5.41, 5.74) is 3.07. The molecule has 0 fully saturated rings. The SMILES string of the molecule is NC(CO)C(=O)c1c[nH]c(=O)n(N)c1=O. The van der Waals surface area contributed by atoms with E-state index in [1.54, 1.807) is 0 Å². The Labute approximate surface area is 83.1 Å². The summed E-state index contributed by atoms with van der Waals surface area (Å²) in [5, 5.41) is 8.62. The number of nitrogens with zero attached hydrogens (tertiary/aromatic N) is 1. The third-order valence-corrected chi connectivity index (χ3v) is 1.81. The van der Waals surface area contributed by atoms with Crippen molar-refractivity contribution >= 4 is 5.78 Å². The molecule has 0 saturated carbocycles. The van der Waals surface area contributed by atoms with Gasteiger partial charge in [-0.15, -0.1) is 0 Å². The van der Waals surface area contributed by atoms with Crippen molar-refractivity contribution < 1.29 is 9.90 Å². The molecular formula is C7H10N4O4. The highest BCUT2D eigenvalue weighted by molar-refractivity contribution is 5.99. The standard InChI is InChI=1S/C7H10N4O4/c8-4(2-12)5(13)3-1-10-7(15)11(9)6(3)14/h1,4,12H,2,8-9H2,(H,10,15). The molecule has 0 amide bonds. The Morgan fingerprint density at radius 3 is 2.73 bits per heavy atom. The zero-order valence-corrected chi connectivity index (χ0v) is 7.64. The molecule has 0 aliphatic heterocycles. The predicted molar refractivity (Wildman–Crippen MR) is 50.9 cm³/mol. The summed E-state index contributed by atoms with van der Waals surface area (Å²) in [6, 6.07) is -1.20. The third kappa shape index (κ3) is 1.95. The first-order valence-electron chi connectivity index (χ1n) is 3.99. The molecule has 1 unspecified atom stereocenters. The molecule has 8 heteroatoms. The molecule has 6 N–H and O–H groups in total. The lowest BCUT2D eigenvalue weighted by molar-refractivity contribution is 0.0923. The smallest absolute Gasteiger partial charge is 0.347 e. The Morgan fingerprint density at radius 2 is 2.20 bits per heavy atom. The number of ketones is 1. The first-order valence-corrected chi connectivity index (χ1v) is 3.99. The van der Waals surface area contributed by atoms with E-state index < -0.39 is 29.7 Å². The molecule has 1 heterocycles. The van der Waals surface area contributed by atoms with Gasteiger partial charge in [-0.05, 0) is 0 Å². The first-order chi connectivity index (χ1) is 6.99. The van der Waals surface area contributed by atoms with Crippen molar-refractivity contribution in [3.8, 4) is 0 Å². The number of aromatic amines is 1. The largest absolute Gasteiger partial charge is 0.394 e. The normalized spacial score (nSPS) is 12.4. The van der Waals surface area contributed by atoms with Crippen molar-refractivity contribution in [3.63, 3.8) is 0 Å². The minimum Gasteiger partial charge on any atom is -0.394 e. The zero-order valence-electron chi connectivity index (χ0n) is 7.64. The van der Waals surface area contributed by atoms with E-state index in [0.717, 1.165) is 6.20 Å². The van der Waals surface area contributed by atoms with Crippen molar-refractivity contribution in [2.75, 3.05) is 12.4 Å². The van der Waals surface area contributed by atoms with Crippen LogP contribution in [0.3, 0.4) is 0 Å². The minimum absolute atomic E-state index is 0.261. The van der Waals surface area contributed by atoms with Gasteiger partial charge in [0.05, 0.1) is 12.6 Å². The van der Waals surface area contributed by atoms with Crippen molar-refractivity contribution in [3.05, 3.63) is 32.6 Å². The summed E-state index contributed by atoms with van der Waals surface area (Å²) in [4.78, 5) is 35.6. The second kappa shape index (κ2) is 4.07. The molecule has 0 bridgehead atoms. The third-order valence-electron chi connectivity index (χ3n) is 1.81. The molecule has 1 rings (SSSR count). The number of aliphatic hydroxyl groups excluding tert-OH is 1. The zero-order chi connectivity index (χ0) is 11.6. The van der Waals surface area contributed by atoms with Gasteiger partial charge >= 0.3 is 5.69 Å². The molecular weight excluding hydrogens is 204 g/mol. The summed E-state index contributed by atoms with van der Waals surface area (Å²) in [6.07, 6.45) is 0.922. The van der Waals surface area contributed by atoms with Crippen LogP contribution in [0.4, 0.5) is 0 Å². The quantitative estimate of drug-likeness (QED) is 0.307. The highest BCUT2D eigenvalue weighted by Crippen LogP contribution is 1.92. The summed E-state index contributed by atoms with van der Waals surface area (Å²) in [7, 11) is 0. The van der Waals surface area contributed by atoms with E-state index in [4.69, 9.17) is 16.7 Å². The van der Waals surface area contributed by atoms with Crippen LogP contribution in [-0.2, 0) is 0 Å². The number of hydrogen-bond donors (Lipinski definition) is 4. The van der Waals surface area contributed by atoms with E-state index in [-0.39, 0.29) is 10.2 Å². The van der Waals surface area contributed by atoms with Crippen LogP contribution < -0.4 is 22.8 Å². The Bertz CT molecular complexity index is 488. The number of carbonyl (C=O) groups is 1. The minimum atomic E-state index is -1.20. The lowest BCUT2D eigenvalue weighted by Gasteiger charge is -2.06. The maximum atomic E-state index is 11.4. The van der Waals surface area contributed by atoms with Crippen LogP contribution in [0.5, 0.6) is 0 Å². The fourth-order valence-electron chi connectivity index (χ4n) is 0.946. The Balaban J connectivity index is 3.29. The van der Waals surface area contributed by atoms with Crippen LogP contribution in [-0.4, -0.2) is 33.2 Å². The number of H-pyrrole nitrogens is 1.